The van der Waals surface area contributed by atoms with Crippen LogP contribution in [0.1, 0.15) is 31.9 Å². The molecule has 0 aliphatic carbocycles. The number of aromatic nitrogens is 1. The van der Waals surface area contributed by atoms with Gasteiger partial charge in [0.05, 0.1) is 19.1 Å². The number of benzene rings is 3. The summed E-state index contributed by atoms with van der Waals surface area (Å²) in [6, 6.07) is 25.8. The number of pyridine rings is 1. The molecule has 2 nitrogen and oxygen atoms in total. The van der Waals surface area contributed by atoms with Crippen LogP contribution in [0.2, 0.25) is 0 Å². The van der Waals surface area contributed by atoms with Gasteiger partial charge < -0.3 is 4.74 Å². The molecule has 2 heteroatoms. The molecule has 0 N–H and O–H groups in total. The highest BCUT2D eigenvalue weighted by Gasteiger charge is 2.14. The first kappa shape index (κ1) is 19.9. The van der Waals surface area contributed by atoms with Crippen molar-refractivity contribution in [3.63, 3.8) is 0 Å². The van der Waals surface area contributed by atoms with E-state index in [1.807, 2.05) is 18.3 Å². The minimum absolute atomic E-state index is 0.143. The molecule has 4 aromatic rings. The molecule has 0 radical (unpaired) electrons. The molecular weight excluding hydrogens is 366 g/mol. The molecule has 30 heavy (non-hydrogen) atoms. The standard InChI is InChI=1S/C28H27NO/c1-28(2,3)24-12-9-21(10-13-24)27-26-14-11-22(19-23(26)15-17-29-27)25-8-6-5-7-20(25)16-18-30-4/h5-19H,1-4H3. The summed E-state index contributed by atoms with van der Waals surface area (Å²) >= 11 is 0. The number of nitrogens with zero attached hydrogens (tertiary/aromatic N) is 1. The van der Waals surface area contributed by atoms with Crippen LogP contribution in [0.5, 0.6) is 0 Å². The van der Waals surface area contributed by atoms with Gasteiger partial charge in [0.15, 0.2) is 0 Å². The average molecular weight is 394 g/mol. The number of methoxy groups -OCH3 is 1. The lowest BCUT2D eigenvalue weighted by Crippen LogP contribution is -2.10. The highest BCUT2D eigenvalue weighted by molar-refractivity contribution is 5.97. The lowest BCUT2D eigenvalue weighted by Gasteiger charge is -2.19. The molecule has 0 unspecified atom stereocenters. The van der Waals surface area contributed by atoms with E-state index in [0.29, 0.717) is 0 Å². The van der Waals surface area contributed by atoms with E-state index < -0.39 is 0 Å². The molecule has 0 saturated heterocycles. The number of ether oxygens (including phenoxy) is 1. The lowest BCUT2D eigenvalue weighted by atomic mass is 9.86. The molecule has 0 bridgehead atoms. The fourth-order valence-corrected chi connectivity index (χ4v) is 3.75. The first-order chi connectivity index (χ1) is 14.5. The van der Waals surface area contributed by atoms with Crippen LogP contribution in [0.15, 0.2) is 85.3 Å². The molecule has 0 aliphatic heterocycles. The predicted octanol–water partition coefficient (Wildman–Crippen LogP) is 7.48. The second kappa shape index (κ2) is 8.16. The molecule has 3 aromatic carbocycles. The van der Waals surface area contributed by atoms with E-state index >= 15 is 0 Å². The van der Waals surface area contributed by atoms with Crippen LogP contribution in [-0.2, 0) is 10.2 Å². The van der Waals surface area contributed by atoms with Gasteiger partial charge in [0.25, 0.3) is 0 Å². The number of hydrogen-bond acceptors (Lipinski definition) is 2. The first-order valence-corrected chi connectivity index (χ1v) is 10.3. The summed E-state index contributed by atoms with van der Waals surface area (Å²) in [7, 11) is 1.66. The molecule has 150 valence electrons. The van der Waals surface area contributed by atoms with Crippen molar-refractivity contribution in [2.75, 3.05) is 7.11 Å². The molecular formula is C28H27NO. The Hall–Kier alpha value is -3.39. The summed E-state index contributed by atoms with van der Waals surface area (Å²) in [5.41, 5.74) is 7.13. The molecule has 1 aromatic heterocycles. The maximum absolute atomic E-state index is 5.11. The maximum Gasteiger partial charge on any atom is 0.0830 e. The summed E-state index contributed by atoms with van der Waals surface area (Å²) in [6.45, 7) is 6.71. The molecule has 4 rings (SSSR count). The molecule has 0 fully saturated rings. The van der Waals surface area contributed by atoms with Crippen molar-refractivity contribution in [2.45, 2.75) is 26.2 Å². The molecule has 0 amide bonds. The summed E-state index contributed by atoms with van der Waals surface area (Å²) in [4.78, 5) is 4.70. The van der Waals surface area contributed by atoms with Crippen LogP contribution in [0.25, 0.3) is 39.2 Å². The third-order valence-corrected chi connectivity index (χ3v) is 5.44. The average Bonchev–Trinajstić information content (AvgIpc) is 2.76. The molecule has 0 spiro atoms. The highest BCUT2D eigenvalue weighted by atomic mass is 16.5. The monoisotopic (exact) mass is 393 g/mol. The molecule has 0 atom stereocenters. The molecule has 0 saturated carbocycles. The van der Waals surface area contributed by atoms with E-state index in [2.05, 4.69) is 87.5 Å². The van der Waals surface area contributed by atoms with Crippen molar-refractivity contribution >= 4 is 16.8 Å². The zero-order valence-corrected chi connectivity index (χ0v) is 18.0. The third kappa shape index (κ3) is 3.99. The van der Waals surface area contributed by atoms with Gasteiger partial charge in [0.2, 0.25) is 0 Å². The largest absolute Gasteiger partial charge is 0.504 e. The van der Waals surface area contributed by atoms with E-state index in [4.69, 9.17) is 9.72 Å². The second-order valence-corrected chi connectivity index (χ2v) is 8.55. The van der Waals surface area contributed by atoms with Crippen LogP contribution in [0, 0.1) is 0 Å². The van der Waals surface area contributed by atoms with Gasteiger partial charge in [-0.05, 0) is 51.3 Å². The quantitative estimate of drug-likeness (QED) is 0.335. The van der Waals surface area contributed by atoms with Crippen molar-refractivity contribution < 1.29 is 4.74 Å². The minimum atomic E-state index is 0.143. The van der Waals surface area contributed by atoms with E-state index in [-0.39, 0.29) is 5.41 Å². The van der Waals surface area contributed by atoms with E-state index in [0.717, 1.165) is 22.2 Å². The van der Waals surface area contributed by atoms with Gasteiger partial charge in [-0.15, -0.1) is 0 Å². The zero-order chi connectivity index (χ0) is 21.1. The first-order valence-electron chi connectivity index (χ1n) is 10.3. The summed E-state index contributed by atoms with van der Waals surface area (Å²) < 4.78 is 5.11. The van der Waals surface area contributed by atoms with Gasteiger partial charge in [0.1, 0.15) is 0 Å². The Morgan fingerprint density at radius 3 is 2.30 bits per heavy atom. The number of hydrogen-bond donors (Lipinski definition) is 0. The van der Waals surface area contributed by atoms with E-state index in [1.165, 1.54) is 22.1 Å². The number of rotatable bonds is 4. The third-order valence-electron chi connectivity index (χ3n) is 5.44. The summed E-state index contributed by atoms with van der Waals surface area (Å²) in [5, 5.41) is 2.34. The molecule has 1 heterocycles. The molecule has 0 aliphatic rings. The predicted molar refractivity (Wildman–Crippen MR) is 127 cm³/mol. The highest BCUT2D eigenvalue weighted by Crippen LogP contribution is 2.33. The van der Waals surface area contributed by atoms with Crippen molar-refractivity contribution in [2.24, 2.45) is 0 Å². The van der Waals surface area contributed by atoms with Crippen LogP contribution in [-0.4, -0.2) is 12.1 Å². The number of fused-ring (bicyclic) bond motifs is 1. The Bertz CT molecular complexity index is 1200. The summed E-state index contributed by atoms with van der Waals surface area (Å²) in [5.74, 6) is 0. The van der Waals surface area contributed by atoms with Gasteiger partial charge >= 0.3 is 0 Å². The Labute approximate surface area is 178 Å². The van der Waals surface area contributed by atoms with Crippen LogP contribution >= 0.6 is 0 Å². The Morgan fingerprint density at radius 2 is 1.57 bits per heavy atom. The van der Waals surface area contributed by atoms with E-state index in [1.54, 1.807) is 13.4 Å². The van der Waals surface area contributed by atoms with Crippen LogP contribution < -0.4 is 0 Å². The topological polar surface area (TPSA) is 22.1 Å². The van der Waals surface area contributed by atoms with Crippen LogP contribution in [0.4, 0.5) is 0 Å². The van der Waals surface area contributed by atoms with Crippen molar-refractivity contribution in [3.8, 4) is 22.4 Å². The van der Waals surface area contributed by atoms with Gasteiger partial charge in [-0.2, -0.15) is 0 Å². The Balaban J connectivity index is 1.78. The maximum atomic E-state index is 5.11. The second-order valence-electron chi connectivity index (χ2n) is 8.55. The fourth-order valence-electron chi connectivity index (χ4n) is 3.75. The zero-order valence-electron chi connectivity index (χ0n) is 18.0. The smallest absolute Gasteiger partial charge is 0.0830 e. The SMILES string of the molecule is COC=Cc1ccccc1-c1ccc2c(-c3ccc(C(C)(C)C)cc3)nccc2c1. The van der Waals surface area contributed by atoms with Gasteiger partial charge in [-0.3, -0.25) is 4.98 Å². The van der Waals surface area contributed by atoms with Gasteiger partial charge in [-0.1, -0.05) is 81.4 Å². The van der Waals surface area contributed by atoms with Crippen LogP contribution in [0.3, 0.4) is 0 Å². The van der Waals surface area contributed by atoms with Gasteiger partial charge in [0, 0.05) is 17.1 Å². The van der Waals surface area contributed by atoms with Crippen molar-refractivity contribution in [3.05, 3.63) is 96.4 Å². The van der Waals surface area contributed by atoms with E-state index in [9.17, 15) is 0 Å². The Morgan fingerprint density at radius 1 is 0.833 bits per heavy atom. The summed E-state index contributed by atoms with van der Waals surface area (Å²) in [6.07, 6.45) is 5.60. The minimum Gasteiger partial charge on any atom is -0.504 e. The van der Waals surface area contributed by atoms with Crippen molar-refractivity contribution in [1.82, 2.24) is 4.98 Å². The van der Waals surface area contributed by atoms with Gasteiger partial charge in [-0.25, -0.2) is 0 Å². The lowest BCUT2D eigenvalue weighted by molar-refractivity contribution is 0.341. The normalized spacial score (nSPS) is 11.9. The fraction of sp³-hybridized carbons (Fsp3) is 0.179. The Kier molecular flexibility index (Phi) is 5.41. The van der Waals surface area contributed by atoms with Crippen molar-refractivity contribution in [1.29, 1.82) is 0 Å².